The zero-order valence-corrected chi connectivity index (χ0v) is 16.5. The van der Waals surface area contributed by atoms with Gasteiger partial charge in [0, 0.05) is 35.8 Å². The molecule has 2 aromatic carbocycles. The van der Waals surface area contributed by atoms with Gasteiger partial charge in [-0.1, -0.05) is 26.0 Å². The standard InChI is InChI=1S/C19H22N2O3S2/c1-3-20(4-2)26(23,24)16-11-9-15(10-12-16)19(22)21-13-14-25-18-8-6-5-7-17(18)21/h5-12H,3-4,13-14H2,1-2H3. The van der Waals surface area contributed by atoms with E-state index in [0.29, 0.717) is 25.2 Å². The first-order valence-corrected chi connectivity index (χ1v) is 11.1. The number of nitrogens with zero attached hydrogens (tertiary/aromatic N) is 2. The van der Waals surface area contributed by atoms with Gasteiger partial charge in [0.1, 0.15) is 0 Å². The van der Waals surface area contributed by atoms with Crippen molar-refractivity contribution in [3.63, 3.8) is 0 Å². The molecular formula is C19H22N2O3S2. The molecule has 0 saturated heterocycles. The molecule has 0 unspecified atom stereocenters. The van der Waals surface area contributed by atoms with Crippen LogP contribution < -0.4 is 4.90 Å². The predicted octanol–water partition coefficient (Wildman–Crippen LogP) is 3.47. The van der Waals surface area contributed by atoms with Crippen LogP contribution >= 0.6 is 11.8 Å². The van der Waals surface area contributed by atoms with Crippen molar-refractivity contribution >= 4 is 33.4 Å². The molecule has 0 radical (unpaired) electrons. The van der Waals surface area contributed by atoms with Crippen molar-refractivity contribution in [1.82, 2.24) is 4.31 Å². The SMILES string of the molecule is CCN(CC)S(=O)(=O)c1ccc(C(=O)N2CCSc3ccccc32)cc1. The minimum atomic E-state index is -3.51. The van der Waals surface area contributed by atoms with Crippen molar-refractivity contribution in [1.29, 1.82) is 0 Å². The van der Waals surface area contributed by atoms with E-state index in [1.54, 1.807) is 28.8 Å². The van der Waals surface area contributed by atoms with Gasteiger partial charge in [0.05, 0.1) is 10.6 Å². The maximum atomic E-state index is 12.9. The Labute approximate surface area is 159 Å². The molecule has 0 aliphatic carbocycles. The monoisotopic (exact) mass is 390 g/mol. The highest BCUT2D eigenvalue weighted by molar-refractivity contribution is 7.99. The summed E-state index contributed by atoms with van der Waals surface area (Å²) in [5.41, 5.74) is 1.40. The Kier molecular flexibility index (Phi) is 5.70. The van der Waals surface area contributed by atoms with E-state index in [4.69, 9.17) is 0 Å². The molecule has 1 aliphatic rings. The maximum absolute atomic E-state index is 12.9. The Morgan fingerprint density at radius 2 is 1.73 bits per heavy atom. The van der Waals surface area contributed by atoms with Gasteiger partial charge in [-0.05, 0) is 36.4 Å². The van der Waals surface area contributed by atoms with E-state index in [1.165, 1.54) is 16.4 Å². The molecule has 1 heterocycles. The minimum Gasteiger partial charge on any atom is -0.306 e. The first-order chi connectivity index (χ1) is 12.5. The summed E-state index contributed by atoms with van der Waals surface area (Å²) < 4.78 is 26.5. The summed E-state index contributed by atoms with van der Waals surface area (Å²) in [5.74, 6) is 0.738. The molecule has 7 heteroatoms. The number of rotatable bonds is 5. The summed E-state index contributed by atoms with van der Waals surface area (Å²) in [7, 11) is -3.51. The zero-order valence-electron chi connectivity index (χ0n) is 14.9. The maximum Gasteiger partial charge on any atom is 0.258 e. The Balaban J connectivity index is 1.87. The number of para-hydroxylation sites is 1. The summed E-state index contributed by atoms with van der Waals surface area (Å²) in [5, 5.41) is 0. The van der Waals surface area contributed by atoms with E-state index < -0.39 is 10.0 Å². The quantitative estimate of drug-likeness (QED) is 0.784. The Morgan fingerprint density at radius 1 is 1.08 bits per heavy atom. The number of hydrogen-bond acceptors (Lipinski definition) is 4. The number of carbonyl (C=O) groups excluding carboxylic acids is 1. The molecule has 0 aromatic heterocycles. The van der Waals surface area contributed by atoms with Crippen molar-refractivity contribution in [3.05, 3.63) is 54.1 Å². The molecule has 0 bridgehead atoms. The largest absolute Gasteiger partial charge is 0.306 e. The number of carbonyl (C=O) groups is 1. The van der Waals surface area contributed by atoms with Crippen molar-refractivity contribution < 1.29 is 13.2 Å². The Hall–Kier alpha value is -1.83. The first-order valence-electron chi connectivity index (χ1n) is 8.63. The number of fused-ring (bicyclic) bond motifs is 1. The van der Waals surface area contributed by atoms with E-state index in [1.807, 2.05) is 38.1 Å². The van der Waals surface area contributed by atoms with Crippen LogP contribution in [0.1, 0.15) is 24.2 Å². The number of anilines is 1. The van der Waals surface area contributed by atoms with Crippen LogP contribution in [0.4, 0.5) is 5.69 Å². The van der Waals surface area contributed by atoms with Crippen LogP contribution in [-0.2, 0) is 10.0 Å². The van der Waals surface area contributed by atoms with Gasteiger partial charge >= 0.3 is 0 Å². The second-order valence-electron chi connectivity index (χ2n) is 5.89. The van der Waals surface area contributed by atoms with E-state index in [9.17, 15) is 13.2 Å². The highest BCUT2D eigenvalue weighted by Crippen LogP contribution is 2.35. The van der Waals surface area contributed by atoms with Gasteiger partial charge in [-0.15, -0.1) is 11.8 Å². The molecule has 0 fully saturated rings. The van der Waals surface area contributed by atoms with Crippen LogP contribution in [0.25, 0.3) is 0 Å². The fourth-order valence-corrected chi connectivity index (χ4v) is 5.47. The summed E-state index contributed by atoms with van der Waals surface area (Å²) >= 11 is 1.74. The molecule has 5 nitrogen and oxygen atoms in total. The molecule has 0 spiro atoms. The van der Waals surface area contributed by atoms with Crippen molar-refractivity contribution in [2.24, 2.45) is 0 Å². The third-order valence-corrected chi connectivity index (χ3v) is 7.53. The van der Waals surface area contributed by atoms with E-state index in [2.05, 4.69) is 0 Å². The predicted molar refractivity (Wildman–Crippen MR) is 105 cm³/mol. The van der Waals surface area contributed by atoms with E-state index >= 15 is 0 Å². The Bertz CT molecular complexity index is 891. The van der Waals surface area contributed by atoms with Gasteiger partial charge in [0.15, 0.2) is 0 Å². The number of benzene rings is 2. The molecule has 26 heavy (non-hydrogen) atoms. The fourth-order valence-electron chi connectivity index (χ4n) is 3.02. The molecule has 138 valence electrons. The Morgan fingerprint density at radius 3 is 2.38 bits per heavy atom. The lowest BCUT2D eigenvalue weighted by atomic mass is 10.1. The van der Waals surface area contributed by atoms with E-state index in [-0.39, 0.29) is 10.8 Å². The number of sulfonamides is 1. The van der Waals surface area contributed by atoms with Crippen LogP contribution in [0.2, 0.25) is 0 Å². The second kappa shape index (κ2) is 7.82. The lowest BCUT2D eigenvalue weighted by Crippen LogP contribution is -2.35. The molecule has 0 N–H and O–H groups in total. The third kappa shape index (κ3) is 3.51. The third-order valence-electron chi connectivity index (χ3n) is 4.42. The molecular weight excluding hydrogens is 368 g/mol. The van der Waals surface area contributed by atoms with Crippen LogP contribution in [0.5, 0.6) is 0 Å². The van der Waals surface area contributed by atoms with Gasteiger partial charge in [-0.3, -0.25) is 4.79 Å². The average molecular weight is 391 g/mol. The first kappa shape index (κ1) is 18.9. The van der Waals surface area contributed by atoms with Gasteiger partial charge in [0.25, 0.3) is 5.91 Å². The van der Waals surface area contributed by atoms with Crippen LogP contribution in [0.3, 0.4) is 0 Å². The van der Waals surface area contributed by atoms with Crippen LogP contribution in [0.15, 0.2) is 58.3 Å². The van der Waals surface area contributed by atoms with Crippen molar-refractivity contribution in [3.8, 4) is 0 Å². The summed E-state index contributed by atoms with van der Waals surface area (Å²) in [4.78, 5) is 16.0. The van der Waals surface area contributed by atoms with Crippen molar-refractivity contribution in [2.75, 3.05) is 30.3 Å². The number of thioether (sulfide) groups is 1. The molecule has 2 aromatic rings. The van der Waals surface area contributed by atoms with E-state index in [0.717, 1.165) is 16.3 Å². The topological polar surface area (TPSA) is 57.7 Å². The summed E-state index contributed by atoms with van der Waals surface area (Å²) in [6.45, 7) is 5.10. The molecule has 1 aliphatic heterocycles. The minimum absolute atomic E-state index is 0.107. The summed E-state index contributed by atoms with van der Waals surface area (Å²) in [6.07, 6.45) is 0. The highest BCUT2D eigenvalue weighted by Gasteiger charge is 2.25. The normalized spacial score (nSPS) is 14.3. The molecule has 0 atom stereocenters. The lowest BCUT2D eigenvalue weighted by molar-refractivity contribution is 0.0987. The van der Waals surface area contributed by atoms with Gasteiger partial charge in [-0.2, -0.15) is 4.31 Å². The highest BCUT2D eigenvalue weighted by atomic mass is 32.2. The smallest absolute Gasteiger partial charge is 0.258 e. The average Bonchev–Trinajstić information content (AvgIpc) is 2.68. The molecule has 3 rings (SSSR count). The molecule has 0 saturated carbocycles. The fraction of sp³-hybridized carbons (Fsp3) is 0.316. The number of amides is 1. The lowest BCUT2D eigenvalue weighted by Gasteiger charge is -2.29. The number of hydrogen-bond donors (Lipinski definition) is 0. The zero-order chi connectivity index (χ0) is 18.7. The molecule has 1 amide bonds. The van der Waals surface area contributed by atoms with Gasteiger partial charge in [0.2, 0.25) is 10.0 Å². The van der Waals surface area contributed by atoms with Crippen LogP contribution in [-0.4, -0.2) is 44.0 Å². The van der Waals surface area contributed by atoms with Gasteiger partial charge < -0.3 is 4.90 Å². The van der Waals surface area contributed by atoms with Gasteiger partial charge in [-0.25, -0.2) is 8.42 Å². The van der Waals surface area contributed by atoms with Crippen LogP contribution in [0, 0.1) is 0 Å². The second-order valence-corrected chi connectivity index (χ2v) is 8.96. The summed E-state index contributed by atoms with van der Waals surface area (Å²) in [6, 6.07) is 14.1. The van der Waals surface area contributed by atoms with Crippen molar-refractivity contribution in [2.45, 2.75) is 23.6 Å².